The minimum Gasteiger partial charge on any atom is -0.316 e. The van der Waals surface area contributed by atoms with Crippen LogP contribution in [0.2, 0.25) is 0 Å². The molecule has 1 nitrogen and oxygen atoms in total. The lowest BCUT2D eigenvalue weighted by Gasteiger charge is -2.35. The van der Waals surface area contributed by atoms with Gasteiger partial charge < -0.3 is 5.32 Å². The van der Waals surface area contributed by atoms with Crippen molar-refractivity contribution in [2.45, 2.75) is 44.9 Å². The number of fused-ring (bicyclic) bond motifs is 2. The highest BCUT2D eigenvalue weighted by Crippen LogP contribution is 2.42. The molecule has 0 saturated carbocycles. The van der Waals surface area contributed by atoms with Crippen molar-refractivity contribution in [2.75, 3.05) is 13.1 Å². The summed E-state index contributed by atoms with van der Waals surface area (Å²) >= 11 is 0. The number of benzene rings is 1. The molecule has 1 heteroatoms. The number of nitrogens with one attached hydrogen (secondary N) is 1. The molecule has 1 saturated heterocycles. The van der Waals surface area contributed by atoms with Gasteiger partial charge >= 0.3 is 0 Å². The molecule has 1 atom stereocenters. The second-order valence-corrected chi connectivity index (χ2v) is 4.72. The van der Waals surface area contributed by atoms with Crippen molar-refractivity contribution in [3.05, 3.63) is 35.4 Å². The van der Waals surface area contributed by atoms with Crippen LogP contribution in [0.1, 0.15) is 44.2 Å². The van der Waals surface area contributed by atoms with Crippen LogP contribution in [-0.4, -0.2) is 13.1 Å². The Labute approximate surface area is 99.3 Å². The predicted molar refractivity (Wildman–Crippen MR) is 69.9 cm³/mol. The molecule has 0 aromatic heterocycles. The minimum absolute atomic E-state index is 0.495. The van der Waals surface area contributed by atoms with Gasteiger partial charge in [-0.3, -0.25) is 0 Å². The van der Waals surface area contributed by atoms with Crippen LogP contribution in [0.3, 0.4) is 0 Å². The molecule has 0 radical (unpaired) electrons. The van der Waals surface area contributed by atoms with Gasteiger partial charge in [0.1, 0.15) is 0 Å². The van der Waals surface area contributed by atoms with Crippen molar-refractivity contribution in [3.63, 3.8) is 0 Å². The lowest BCUT2D eigenvalue weighted by atomic mass is 9.76. The summed E-state index contributed by atoms with van der Waals surface area (Å²) in [5, 5.41) is 3.56. The third-order valence-corrected chi connectivity index (χ3v) is 3.93. The SMILES string of the molecule is CC.c1ccc2c(c1)CCC21CCCNC1. The van der Waals surface area contributed by atoms with E-state index in [4.69, 9.17) is 0 Å². The first kappa shape index (κ1) is 11.7. The summed E-state index contributed by atoms with van der Waals surface area (Å²) in [7, 11) is 0. The summed E-state index contributed by atoms with van der Waals surface area (Å²) in [6.07, 6.45) is 5.38. The zero-order chi connectivity index (χ0) is 11.4. The molecule has 1 aromatic rings. The fraction of sp³-hybridized carbons (Fsp3) is 0.600. The van der Waals surface area contributed by atoms with Gasteiger partial charge in [0.05, 0.1) is 0 Å². The molecule has 3 rings (SSSR count). The van der Waals surface area contributed by atoms with E-state index in [1.54, 1.807) is 11.1 Å². The third kappa shape index (κ3) is 1.89. The highest BCUT2D eigenvalue weighted by molar-refractivity contribution is 5.40. The summed E-state index contributed by atoms with van der Waals surface area (Å²) in [6.45, 7) is 6.41. The van der Waals surface area contributed by atoms with E-state index in [0.29, 0.717) is 5.41 Å². The van der Waals surface area contributed by atoms with Crippen LogP contribution in [0.25, 0.3) is 0 Å². The summed E-state index contributed by atoms with van der Waals surface area (Å²) in [5.41, 5.74) is 3.72. The van der Waals surface area contributed by atoms with Gasteiger partial charge in [-0.2, -0.15) is 0 Å². The highest BCUT2D eigenvalue weighted by Gasteiger charge is 2.38. The van der Waals surface area contributed by atoms with Gasteiger partial charge in [-0.1, -0.05) is 38.1 Å². The molecule has 0 amide bonds. The maximum absolute atomic E-state index is 3.56. The van der Waals surface area contributed by atoms with E-state index in [1.807, 2.05) is 13.8 Å². The average Bonchev–Trinajstić information content (AvgIpc) is 2.73. The maximum Gasteiger partial charge on any atom is 0.00841 e. The zero-order valence-electron chi connectivity index (χ0n) is 10.6. The van der Waals surface area contributed by atoms with Crippen LogP contribution in [0, 0.1) is 0 Å². The van der Waals surface area contributed by atoms with Gasteiger partial charge in [0.25, 0.3) is 0 Å². The molecule has 1 fully saturated rings. The summed E-state index contributed by atoms with van der Waals surface area (Å²) in [5.74, 6) is 0. The second kappa shape index (κ2) is 5.01. The maximum atomic E-state index is 3.56. The number of aryl methyl sites for hydroxylation is 1. The topological polar surface area (TPSA) is 12.0 Å². The predicted octanol–water partition coefficient (Wildman–Crippen LogP) is 3.28. The van der Waals surface area contributed by atoms with Crippen LogP contribution in [-0.2, 0) is 11.8 Å². The monoisotopic (exact) mass is 217 g/mol. The van der Waals surface area contributed by atoms with Crippen LogP contribution in [0.4, 0.5) is 0 Å². The summed E-state index contributed by atoms with van der Waals surface area (Å²) in [6, 6.07) is 9.02. The van der Waals surface area contributed by atoms with Crippen LogP contribution in [0.5, 0.6) is 0 Å². The molecule has 2 aliphatic rings. The first-order valence-electron chi connectivity index (χ1n) is 6.70. The van der Waals surface area contributed by atoms with Gasteiger partial charge in [0.15, 0.2) is 0 Å². The second-order valence-electron chi connectivity index (χ2n) is 4.72. The molecule has 88 valence electrons. The van der Waals surface area contributed by atoms with Gasteiger partial charge in [-0.05, 0) is 43.4 Å². The molecule has 1 heterocycles. The van der Waals surface area contributed by atoms with E-state index in [9.17, 15) is 0 Å². The zero-order valence-corrected chi connectivity index (χ0v) is 10.6. The molecule has 0 bridgehead atoms. The Morgan fingerprint density at radius 3 is 2.69 bits per heavy atom. The Hall–Kier alpha value is -0.820. The van der Waals surface area contributed by atoms with Gasteiger partial charge in [0, 0.05) is 12.0 Å². The van der Waals surface area contributed by atoms with E-state index in [2.05, 4.69) is 29.6 Å². The lowest BCUT2D eigenvalue weighted by molar-refractivity contribution is 0.311. The van der Waals surface area contributed by atoms with Crippen molar-refractivity contribution in [3.8, 4) is 0 Å². The van der Waals surface area contributed by atoms with Crippen molar-refractivity contribution >= 4 is 0 Å². The van der Waals surface area contributed by atoms with Crippen molar-refractivity contribution < 1.29 is 0 Å². The van der Waals surface area contributed by atoms with Crippen LogP contribution < -0.4 is 5.32 Å². The van der Waals surface area contributed by atoms with Gasteiger partial charge in [-0.25, -0.2) is 0 Å². The van der Waals surface area contributed by atoms with E-state index in [1.165, 1.54) is 38.8 Å². The van der Waals surface area contributed by atoms with Crippen molar-refractivity contribution in [1.29, 1.82) is 0 Å². The standard InChI is InChI=1S/C13H17N.C2H6/c1-2-5-12-11(4-1)6-8-13(12)7-3-9-14-10-13;1-2/h1-2,4-5,14H,3,6-10H2;1-2H3. The highest BCUT2D eigenvalue weighted by atomic mass is 14.9. The summed E-state index contributed by atoms with van der Waals surface area (Å²) in [4.78, 5) is 0. The van der Waals surface area contributed by atoms with Crippen LogP contribution >= 0.6 is 0 Å². The quantitative estimate of drug-likeness (QED) is 0.703. The lowest BCUT2D eigenvalue weighted by Crippen LogP contribution is -2.41. The van der Waals surface area contributed by atoms with Crippen molar-refractivity contribution in [2.24, 2.45) is 0 Å². The fourth-order valence-corrected chi connectivity index (χ4v) is 3.18. The molecule has 1 aromatic carbocycles. The van der Waals surface area contributed by atoms with E-state index in [0.717, 1.165) is 0 Å². The first-order valence-corrected chi connectivity index (χ1v) is 6.70. The molecule has 1 unspecified atom stereocenters. The third-order valence-electron chi connectivity index (χ3n) is 3.93. The van der Waals surface area contributed by atoms with E-state index < -0.39 is 0 Å². The molecule has 1 aliphatic heterocycles. The summed E-state index contributed by atoms with van der Waals surface area (Å²) < 4.78 is 0. The van der Waals surface area contributed by atoms with Crippen molar-refractivity contribution in [1.82, 2.24) is 5.32 Å². The molecular formula is C15H23N. The Balaban J connectivity index is 0.000000457. The normalized spacial score (nSPS) is 27.1. The number of rotatable bonds is 0. The largest absolute Gasteiger partial charge is 0.316 e. The first-order chi connectivity index (χ1) is 7.91. The van der Waals surface area contributed by atoms with Gasteiger partial charge in [0.2, 0.25) is 0 Å². The fourth-order valence-electron chi connectivity index (χ4n) is 3.18. The Bertz CT molecular complexity index is 332. The molecule has 16 heavy (non-hydrogen) atoms. The molecular weight excluding hydrogens is 194 g/mol. The van der Waals surface area contributed by atoms with E-state index >= 15 is 0 Å². The van der Waals surface area contributed by atoms with Crippen LogP contribution in [0.15, 0.2) is 24.3 Å². The average molecular weight is 217 g/mol. The number of piperidine rings is 1. The molecule has 1 aliphatic carbocycles. The molecule has 1 spiro atoms. The van der Waals surface area contributed by atoms with E-state index in [-0.39, 0.29) is 0 Å². The minimum atomic E-state index is 0.495. The molecule has 1 N–H and O–H groups in total. The Morgan fingerprint density at radius 1 is 1.12 bits per heavy atom. The van der Waals surface area contributed by atoms with Gasteiger partial charge in [-0.15, -0.1) is 0 Å². The Morgan fingerprint density at radius 2 is 1.94 bits per heavy atom. The number of hydrogen-bond donors (Lipinski definition) is 1. The Kier molecular flexibility index (Phi) is 3.65. The smallest absolute Gasteiger partial charge is 0.00841 e. The number of hydrogen-bond acceptors (Lipinski definition) is 1.